The third-order valence-electron chi connectivity index (χ3n) is 3.11. The largest absolute Gasteiger partial charge is 0.320 e. The first-order valence-corrected chi connectivity index (χ1v) is 8.35. The van der Waals surface area contributed by atoms with E-state index in [0.29, 0.717) is 5.69 Å². The highest BCUT2D eigenvalue weighted by Gasteiger charge is 2.18. The Bertz CT molecular complexity index is 815. The standard InChI is InChI=1S/C17H13BrN2OS/c1-11-19-15(16(22-11)12-7-3-2-4-8-12)17(21)20-14-10-6-5-9-13(14)18/h2-10H,1H3,(H,20,21). The van der Waals surface area contributed by atoms with Gasteiger partial charge in [-0.15, -0.1) is 11.3 Å². The summed E-state index contributed by atoms with van der Waals surface area (Å²) >= 11 is 4.96. The van der Waals surface area contributed by atoms with Gasteiger partial charge in [-0.3, -0.25) is 4.79 Å². The minimum Gasteiger partial charge on any atom is -0.320 e. The van der Waals surface area contributed by atoms with Crippen LogP contribution in [0.2, 0.25) is 0 Å². The van der Waals surface area contributed by atoms with Crippen LogP contribution in [0.25, 0.3) is 10.4 Å². The number of aryl methyl sites for hydroxylation is 1. The van der Waals surface area contributed by atoms with E-state index < -0.39 is 0 Å². The molecule has 22 heavy (non-hydrogen) atoms. The molecule has 0 fully saturated rings. The molecule has 0 radical (unpaired) electrons. The third kappa shape index (κ3) is 3.10. The molecule has 0 atom stereocenters. The predicted molar refractivity (Wildman–Crippen MR) is 94.4 cm³/mol. The number of anilines is 1. The smallest absolute Gasteiger partial charge is 0.275 e. The molecule has 1 amide bonds. The Morgan fingerprint density at radius 2 is 1.77 bits per heavy atom. The van der Waals surface area contributed by atoms with Gasteiger partial charge in [0.25, 0.3) is 5.91 Å². The van der Waals surface area contributed by atoms with Crippen LogP contribution in [0.4, 0.5) is 5.69 Å². The van der Waals surface area contributed by atoms with Crippen LogP contribution in [0, 0.1) is 6.92 Å². The number of carbonyl (C=O) groups excluding carboxylic acids is 1. The van der Waals surface area contributed by atoms with E-state index in [1.807, 2.05) is 61.5 Å². The highest BCUT2D eigenvalue weighted by atomic mass is 79.9. The molecule has 0 aliphatic carbocycles. The van der Waals surface area contributed by atoms with Crippen LogP contribution in [0.15, 0.2) is 59.1 Å². The minimum absolute atomic E-state index is 0.199. The van der Waals surface area contributed by atoms with Gasteiger partial charge in [-0.25, -0.2) is 4.98 Å². The molecule has 3 aromatic rings. The highest BCUT2D eigenvalue weighted by molar-refractivity contribution is 9.10. The van der Waals surface area contributed by atoms with Gasteiger partial charge in [0.2, 0.25) is 0 Å². The molecular weight excluding hydrogens is 360 g/mol. The van der Waals surface area contributed by atoms with Crippen molar-refractivity contribution in [2.75, 3.05) is 5.32 Å². The fourth-order valence-corrected chi connectivity index (χ4v) is 3.42. The molecule has 110 valence electrons. The van der Waals surface area contributed by atoms with E-state index in [-0.39, 0.29) is 5.91 Å². The zero-order valence-electron chi connectivity index (χ0n) is 11.8. The number of thiazole rings is 1. The molecule has 3 nitrogen and oxygen atoms in total. The Labute approximate surface area is 141 Å². The molecule has 0 aliphatic heterocycles. The summed E-state index contributed by atoms with van der Waals surface area (Å²) in [6.45, 7) is 1.91. The van der Waals surface area contributed by atoms with E-state index in [1.165, 1.54) is 11.3 Å². The monoisotopic (exact) mass is 372 g/mol. The van der Waals surface area contributed by atoms with Crippen molar-refractivity contribution in [3.05, 3.63) is 69.8 Å². The number of nitrogens with zero attached hydrogens (tertiary/aromatic N) is 1. The Balaban J connectivity index is 1.95. The fourth-order valence-electron chi connectivity index (χ4n) is 2.11. The van der Waals surface area contributed by atoms with E-state index in [4.69, 9.17) is 0 Å². The van der Waals surface area contributed by atoms with Crippen LogP contribution >= 0.6 is 27.3 Å². The maximum Gasteiger partial charge on any atom is 0.275 e. The molecule has 0 unspecified atom stereocenters. The molecular formula is C17H13BrN2OS. The quantitative estimate of drug-likeness (QED) is 0.691. The molecule has 1 heterocycles. The second-order valence-corrected chi connectivity index (χ2v) is 6.77. The Kier molecular flexibility index (Phi) is 4.36. The lowest BCUT2D eigenvalue weighted by molar-refractivity contribution is 0.102. The van der Waals surface area contributed by atoms with E-state index in [2.05, 4.69) is 26.2 Å². The van der Waals surface area contributed by atoms with E-state index in [0.717, 1.165) is 25.6 Å². The van der Waals surface area contributed by atoms with Gasteiger partial charge >= 0.3 is 0 Å². The zero-order valence-corrected chi connectivity index (χ0v) is 14.2. The lowest BCUT2D eigenvalue weighted by Crippen LogP contribution is -2.13. The third-order valence-corrected chi connectivity index (χ3v) is 4.82. The van der Waals surface area contributed by atoms with Crippen molar-refractivity contribution in [3.63, 3.8) is 0 Å². The van der Waals surface area contributed by atoms with Gasteiger partial charge in [0.1, 0.15) is 5.69 Å². The summed E-state index contributed by atoms with van der Waals surface area (Å²) < 4.78 is 0.844. The summed E-state index contributed by atoms with van der Waals surface area (Å²) in [5.74, 6) is -0.199. The summed E-state index contributed by atoms with van der Waals surface area (Å²) in [7, 11) is 0. The van der Waals surface area contributed by atoms with Gasteiger partial charge in [0.15, 0.2) is 0 Å². The summed E-state index contributed by atoms with van der Waals surface area (Å²) in [5.41, 5.74) is 2.20. The molecule has 0 bridgehead atoms. The van der Waals surface area contributed by atoms with Crippen LogP contribution in [0.5, 0.6) is 0 Å². The molecule has 3 rings (SSSR count). The van der Waals surface area contributed by atoms with Crippen molar-refractivity contribution >= 4 is 38.9 Å². The minimum atomic E-state index is -0.199. The van der Waals surface area contributed by atoms with E-state index >= 15 is 0 Å². The maximum atomic E-state index is 12.6. The van der Waals surface area contributed by atoms with E-state index in [1.54, 1.807) is 0 Å². The van der Waals surface area contributed by atoms with Crippen molar-refractivity contribution in [1.82, 2.24) is 4.98 Å². The van der Waals surface area contributed by atoms with Gasteiger partial charge in [-0.1, -0.05) is 42.5 Å². The van der Waals surface area contributed by atoms with Gasteiger partial charge in [0, 0.05) is 4.47 Å². The van der Waals surface area contributed by atoms with Gasteiger partial charge in [-0.05, 0) is 40.5 Å². The SMILES string of the molecule is Cc1nc(C(=O)Nc2ccccc2Br)c(-c2ccccc2)s1. The summed E-state index contributed by atoms with van der Waals surface area (Å²) in [5, 5.41) is 3.78. The maximum absolute atomic E-state index is 12.6. The van der Waals surface area contributed by atoms with Crippen molar-refractivity contribution in [2.24, 2.45) is 0 Å². The Hall–Kier alpha value is -1.98. The number of nitrogens with one attached hydrogen (secondary N) is 1. The predicted octanol–water partition coefficient (Wildman–Crippen LogP) is 5.13. The summed E-state index contributed by atoms with van der Waals surface area (Å²) in [4.78, 5) is 17.9. The number of amides is 1. The first-order valence-electron chi connectivity index (χ1n) is 6.74. The van der Waals surface area contributed by atoms with Crippen LogP contribution in [-0.2, 0) is 0 Å². The second-order valence-electron chi connectivity index (χ2n) is 4.71. The van der Waals surface area contributed by atoms with Crippen LogP contribution in [0.1, 0.15) is 15.5 Å². The molecule has 0 aliphatic rings. The second kappa shape index (κ2) is 6.42. The average molecular weight is 373 g/mol. The molecule has 5 heteroatoms. The summed E-state index contributed by atoms with van der Waals surface area (Å²) in [6.07, 6.45) is 0. The van der Waals surface area contributed by atoms with Gasteiger partial charge in [-0.2, -0.15) is 0 Å². The normalized spacial score (nSPS) is 10.5. The van der Waals surface area contributed by atoms with Crippen molar-refractivity contribution < 1.29 is 4.79 Å². The fraction of sp³-hybridized carbons (Fsp3) is 0.0588. The molecule has 1 N–H and O–H groups in total. The number of hydrogen-bond donors (Lipinski definition) is 1. The molecule has 1 aromatic heterocycles. The molecule has 0 saturated carbocycles. The van der Waals surface area contributed by atoms with Crippen LogP contribution in [0.3, 0.4) is 0 Å². The van der Waals surface area contributed by atoms with Gasteiger partial charge in [0.05, 0.1) is 15.6 Å². The van der Waals surface area contributed by atoms with Crippen molar-refractivity contribution in [3.8, 4) is 10.4 Å². The number of hydrogen-bond acceptors (Lipinski definition) is 3. The number of para-hydroxylation sites is 1. The van der Waals surface area contributed by atoms with Crippen molar-refractivity contribution in [2.45, 2.75) is 6.92 Å². The number of benzene rings is 2. The molecule has 0 saturated heterocycles. The topological polar surface area (TPSA) is 42.0 Å². The first-order chi connectivity index (χ1) is 10.6. The van der Waals surface area contributed by atoms with Crippen molar-refractivity contribution in [1.29, 1.82) is 0 Å². The summed E-state index contributed by atoms with van der Waals surface area (Å²) in [6, 6.07) is 17.4. The number of rotatable bonds is 3. The lowest BCUT2D eigenvalue weighted by atomic mass is 10.1. The Morgan fingerprint density at radius 1 is 1.09 bits per heavy atom. The Morgan fingerprint density at radius 3 is 2.50 bits per heavy atom. The van der Waals surface area contributed by atoms with E-state index in [9.17, 15) is 4.79 Å². The number of carbonyl (C=O) groups is 1. The number of aromatic nitrogens is 1. The first kappa shape index (κ1) is 14.9. The molecule has 2 aromatic carbocycles. The van der Waals surface area contributed by atoms with Crippen LogP contribution in [-0.4, -0.2) is 10.9 Å². The highest BCUT2D eigenvalue weighted by Crippen LogP contribution is 2.31. The average Bonchev–Trinajstić information content (AvgIpc) is 2.92. The lowest BCUT2D eigenvalue weighted by Gasteiger charge is -2.07. The number of halogens is 1. The van der Waals surface area contributed by atoms with Crippen LogP contribution < -0.4 is 5.32 Å². The molecule has 0 spiro atoms. The zero-order chi connectivity index (χ0) is 15.5. The van der Waals surface area contributed by atoms with Gasteiger partial charge < -0.3 is 5.32 Å².